The molecule has 0 radical (unpaired) electrons. The van der Waals surface area contributed by atoms with Gasteiger partial charge in [0, 0.05) is 12.1 Å². The number of rotatable bonds is 7. The van der Waals surface area contributed by atoms with E-state index in [1.54, 1.807) is 7.11 Å². The molecule has 1 atom stereocenters. The summed E-state index contributed by atoms with van der Waals surface area (Å²) < 4.78 is 10.9. The quantitative estimate of drug-likeness (QED) is 0.811. The molecular weight excluding hydrogens is 266 g/mol. The second kappa shape index (κ2) is 8.25. The van der Waals surface area contributed by atoms with Crippen molar-refractivity contribution in [2.75, 3.05) is 20.3 Å². The first-order chi connectivity index (χ1) is 10.2. The van der Waals surface area contributed by atoms with Crippen molar-refractivity contribution < 1.29 is 14.6 Å². The fraction of sp³-hybridized carbons (Fsp3) is 0.647. The van der Waals surface area contributed by atoms with Gasteiger partial charge >= 0.3 is 0 Å². The third kappa shape index (κ3) is 4.61. The first-order valence-electron chi connectivity index (χ1n) is 7.92. The van der Waals surface area contributed by atoms with E-state index < -0.39 is 0 Å². The molecule has 1 aliphatic carbocycles. The lowest BCUT2D eigenvalue weighted by molar-refractivity contribution is 0.196. The number of ether oxygens (including phenoxy) is 2. The molecule has 0 aliphatic heterocycles. The topological polar surface area (TPSA) is 50.7 Å². The average molecular weight is 293 g/mol. The van der Waals surface area contributed by atoms with Gasteiger partial charge in [-0.3, -0.25) is 0 Å². The summed E-state index contributed by atoms with van der Waals surface area (Å²) in [6, 6.07) is 6.94. The Hall–Kier alpha value is -1.26. The number of benzene rings is 1. The van der Waals surface area contributed by atoms with E-state index in [1.807, 2.05) is 12.1 Å². The monoisotopic (exact) mass is 293 g/mol. The summed E-state index contributed by atoms with van der Waals surface area (Å²) in [7, 11) is 1.64. The highest BCUT2D eigenvalue weighted by Crippen LogP contribution is 2.31. The molecule has 1 aliphatic rings. The molecule has 4 nitrogen and oxygen atoms in total. The molecule has 0 amide bonds. The molecule has 1 aromatic carbocycles. The van der Waals surface area contributed by atoms with Crippen LogP contribution in [0.15, 0.2) is 18.2 Å². The SMILES string of the molecule is COc1cc(C(C)NC2CCCCC2)ccc1OCCO. The Kier molecular flexibility index (Phi) is 6.33. The molecule has 0 aromatic heterocycles. The summed E-state index contributed by atoms with van der Waals surface area (Å²) in [6.45, 7) is 2.48. The van der Waals surface area contributed by atoms with E-state index in [0.29, 0.717) is 17.8 Å². The van der Waals surface area contributed by atoms with Gasteiger partial charge in [0.15, 0.2) is 11.5 Å². The standard InChI is InChI=1S/C17H27NO3/c1-13(18-15-6-4-3-5-7-15)14-8-9-16(21-11-10-19)17(12-14)20-2/h8-9,12-13,15,18-19H,3-7,10-11H2,1-2H3. The van der Waals surface area contributed by atoms with Crippen molar-refractivity contribution in [3.8, 4) is 11.5 Å². The summed E-state index contributed by atoms with van der Waals surface area (Å²) in [5, 5.41) is 12.6. The Labute approximate surface area is 127 Å². The second-order valence-electron chi connectivity index (χ2n) is 5.71. The summed E-state index contributed by atoms with van der Waals surface area (Å²) in [4.78, 5) is 0. The maximum Gasteiger partial charge on any atom is 0.161 e. The van der Waals surface area contributed by atoms with Crippen LogP contribution in [-0.2, 0) is 0 Å². The van der Waals surface area contributed by atoms with E-state index in [0.717, 1.165) is 5.75 Å². The van der Waals surface area contributed by atoms with Gasteiger partial charge in [-0.1, -0.05) is 25.3 Å². The van der Waals surface area contributed by atoms with Gasteiger partial charge in [0.2, 0.25) is 0 Å². The predicted molar refractivity (Wildman–Crippen MR) is 84.0 cm³/mol. The largest absolute Gasteiger partial charge is 0.493 e. The lowest BCUT2D eigenvalue weighted by Gasteiger charge is -2.27. The van der Waals surface area contributed by atoms with Crippen LogP contribution in [0.25, 0.3) is 0 Å². The van der Waals surface area contributed by atoms with Crippen molar-refractivity contribution in [1.29, 1.82) is 0 Å². The normalized spacial score (nSPS) is 17.5. The summed E-state index contributed by atoms with van der Waals surface area (Å²) >= 11 is 0. The van der Waals surface area contributed by atoms with Gasteiger partial charge in [0.25, 0.3) is 0 Å². The van der Waals surface area contributed by atoms with Crippen LogP contribution in [-0.4, -0.2) is 31.5 Å². The minimum Gasteiger partial charge on any atom is -0.493 e. The minimum absolute atomic E-state index is 0.00451. The summed E-state index contributed by atoms with van der Waals surface area (Å²) in [5.74, 6) is 1.40. The third-order valence-corrected chi connectivity index (χ3v) is 4.13. The molecule has 0 heterocycles. The Morgan fingerprint density at radius 1 is 1.24 bits per heavy atom. The number of methoxy groups -OCH3 is 1. The number of hydrogen-bond acceptors (Lipinski definition) is 4. The van der Waals surface area contributed by atoms with E-state index in [1.165, 1.54) is 37.7 Å². The van der Waals surface area contributed by atoms with E-state index in [2.05, 4.69) is 18.3 Å². The van der Waals surface area contributed by atoms with Crippen LogP contribution in [0.5, 0.6) is 11.5 Å². The van der Waals surface area contributed by atoms with Gasteiger partial charge in [-0.05, 0) is 37.5 Å². The Balaban J connectivity index is 2.01. The van der Waals surface area contributed by atoms with E-state index in [-0.39, 0.29) is 13.2 Å². The maximum absolute atomic E-state index is 8.84. The van der Waals surface area contributed by atoms with Gasteiger partial charge in [0.1, 0.15) is 6.61 Å². The van der Waals surface area contributed by atoms with Crippen molar-refractivity contribution >= 4 is 0 Å². The Morgan fingerprint density at radius 2 is 2.00 bits per heavy atom. The van der Waals surface area contributed by atoms with Crippen molar-refractivity contribution in [2.45, 2.75) is 51.1 Å². The van der Waals surface area contributed by atoms with Gasteiger partial charge in [-0.15, -0.1) is 0 Å². The van der Waals surface area contributed by atoms with Crippen LogP contribution in [0.1, 0.15) is 50.6 Å². The predicted octanol–water partition coefficient (Wildman–Crippen LogP) is 3.05. The highest BCUT2D eigenvalue weighted by molar-refractivity contribution is 5.43. The first-order valence-corrected chi connectivity index (χ1v) is 7.92. The molecule has 1 saturated carbocycles. The lowest BCUT2D eigenvalue weighted by Crippen LogP contribution is -2.33. The van der Waals surface area contributed by atoms with Gasteiger partial charge in [0.05, 0.1) is 13.7 Å². The molecule has 21 heavy (non-hydrogen) atoms. The molecule has 0 spiro atoms. The first kappa shape index (κ1) is 16.1. The van der Waals surface area contributed by atoms with Gasteiger partial charge in [-0.2, -0.15) is 0 Å². The van der Waals surface area contributed by atoms with Crippen LogP contribution in [0.3, 0.4) is 0 Å². The summed E-state index contributed by atoms with van der Waals surface area (Å²) in [5.41, 5.74) is 1.20. The lowest BCUT2D eigenvalue weighted by atomic mass is 9.94. The van der Waals surface area contributed by atoms with Crippen LogP contribution in [0, 0.1) is 0 Å². The van der Waals surface area contributed by atoms with Crippen molar-refractivity contribution in [2.24, 2.45) is 0 Å². The molecule has 4 heteroatoms. The van der Waals surface area contributed by atoms with Crippen LogP contribution in [0.2, 0.25) is 0 Å². The number of hydrogen-bond donors (Lipinski definition) is 2. The molecule has 2 N–H and O–H groups in total. The molecule has 0 bridgehead atoms. The molecule has 1 unspecified atom stereocenters. The van der Waals surface area contributed by atoms with Gasteiger partial charge in [-0.25, -0.2) is 0 Å². The van der Waals surface area contributed by atoms with E-state index >= 15 is 0 Å². The minimum atomic E-state index is 0.00451. The Bertz CT molecular complexity index is 430. The molecule has 2 rings (SSSR count). The zero-order valence-electron chi connectivity index (χ0n) is 13.1. The van der Waals surface area contributed by atoms with Crippen molar-refractivity contribution in [1.82, 2.24) is 5.32 Å². The molecule has 118 valence electrons. The molecule has 1 aromatic rings. The number of aliphatic hydroxyl groups is 1. The molecule has 1 fully saturated rings. The van der Waals surface area contributed by atoms with Crippen LogP contribution >= 0.6 is 0 Å². The fourth-order valence-electron chi connectivity index (χ4n) is 2.95. The molecule has 0 saturated heterocycles. The maximum atomic E-state index is 8.84. The average Bonchev–Trinajstić information content (AvgIpc) is 2.53. The molecular formula is C17H27NO3. The number of aliphatic hydroxyl groups excluding tert-OH is 1. The highest BCUT2D eigenvalue weighted by atomic mass is 16.5. The number of nitrogens with one attached hydrogen (secondary N) is 1. The van der Waals surface area contributed by atoms with Crippen LogP contribution in [0.4, 0.5) is 0 Å². The van der Waals surface area contributed by atoms with Crippen molar-refractivity contribution in [3.05, 3.63) is 23.8 Å². The van der Waals surface area contributed by atoms with Gasteiger partial charge < -0.3 is 19.9 Å². The van der Waals surface area contributed by atoms with Crippen LogP contribution < -0.4 is 14.8 Å². The zero-order chi connectivity index (χ0) is 15.1. The third-order valence-electron chi connectivity index (χ3n) is 4.13. The Morgan fingerprint density at radius 3 is 2.67 bits per heavy atom. The summed E-state index contributed by atoms with van der Waals surface area (Å²) in [6.07, 6.45) is 6.60. The fourth-order valence-corrected chi connectivity index (χ4v) is 2.95. The van der Waals surface area contributed by atoms with E-state index in [9.17, 15) is 0 Å². The van der Waals surface area contributed by atoms with E-state index in [4.69, 9.17) is 14.6 Å². The smallest absolute Gasteiger partial charge is 0.161 e. The second-order valence-corrected chi connectivity index (χ2v) is 5.71. The van der Waals surface area contributed by atoms with Crippen molar-refractivity contribution in [3.63, 3.8) is 0 Å². The highest BCUT2D eigenvalue weighted by Gasteiger charge is 2.17. The zero-order valence-corrected chi connectivity index (χ0v) is 13.1.